The predicted octanol–water partition coefficient (Wildman–Crippen LogP) is 4.84. The number of ether oxygens (including phenoxy) is 3. The van der Waals surface area contributed by atoms with Gasteiger partial charge in [-0.15, -0.1) is 0 Å². The number of nitrogens with zero attached hydrogens (tertiary/aromatic N) is 1. The summed E-state index contributed by atoms with van der Waals surface area (Å²) in [6, 6.07) is 10.9. The van der Waals surface area contributed by atoms with Crippen molar-refractivity contribution >= 4 is 27.6 Å². The molecule has 1 heterocycles. The molecule has 2 amide bonds. The molecule has 1 saturated heterocycles. The summed E-state index contributed by atoms with van der Waals surface area (Å²) in [6.45, 7) is 0.674. The first-order valence-electron chi connectivity index (χ1n) is 8.70. The average molecular weight is 435 g/mol. The SMILES string of the molecule is COc1ccc(OC)c(C2CCCN2C(=O)Nc2cc(Br)ccc2OC)c1. The maximum absolute atomic E-state index is 13.0. The molecule has 0 saturated carbocycles. The molecule has 0 spiro atoms. The van der Waals surface area contributed by atoms with E-state index in [0.717, 1.165) is 34.4 Å². The van der Waals surface area contributed by atoms with Crippen LogP contribution in [0.4, 0.5) is 10.5 Å². The number of amides is 2. The van der Waals surface area contributed by atoms with Crippen LogP contribution in [0.5, 0.6) is 17.2 Å². The molecule has 1 N–H and O–H groups in total. The fourth-order valence-corrected chi connectivity index (χ4v) is 3.76. The first-order chi connectivity index (χ1) is 13.1. The molecule has 6 nitrogen and oxygen atoms in total. The van der Waals surface area contributed by atoms with E-state index in [4.69, 9.17) is 14.2 Å². The third-order valence-electron chi connectivity index (χ3n) is 4.71. The largest absolute Gasteiger partial charge is 0.497 e. The molecule has 2 aromatic rings. The smallest absolute Gasteiger partial charge is 0.322 e. The number of nitrogens with one attached hydrogen (secondary N) is 1. The van der Waals surface area contributed by atoms with Crippen LogP contribution < -0.4 is 19.5 Å². The highest BCUT2D eigenvalue weighted by atomic mass is 79.9. The van der Waals surface area contributed by atoms with Crippen LogP contribution in [0.1, 0.15) is 24.4 Å². The van der Waals surface area contributed by atoms with Crippen molar-refractivity contribution in [3.05, 3.63) is 46.4 Å². The Morgan fingerprint density at radius 3 is 2.52 bits per heavy atom. The predicted molar refractivity (Wildman–Crippen MR) is 108 cm³/mol. The minimum Gasteiger partial charge on any atom is -0.497 e. The average Bonchev–Trinajstić information content (AvgIpc) is 3.17. The zero-order valence-corrected chi connectivity index (χ0v) is 17.2. The van der Waals surface area contributed by atoms with E-state index in [-0.39, 0.29) is 12.1 Å². The number of anilines is 1. The summed E-state index contributed by atoms with van der Waals surface area (Å²) < 4.78 is 17.1. The molecule has 0 aromatic heterocycles. The van der Waals surface area contributed by atoms with Crippen molar-refractivity contribution in [3.8, 4) is 17.2 Å². The molecule has 0 radical (unpaired) electrons. The normalized spacial score (nSPS) is 16.1. The molecule has 27 heavy (non-hydrogen) atoms. The standard InChI is InChI=1S/C20H23BrN2O4/c1-25-14-7-9-18(26-2)15(12-14)17-5-4-10-23(17)20(24)22-16-11-13(21)6-8-19(16)27-3/h6-9,11-12,17H,4-5,10H2,1-3H3,(H,22,24). The van der Waals surface area contributed by atoms with Gasteiger partial charge in [-0.05, 0) is 49.2 Å². The zero-order chi connectivity index (χ0) is 19.4. The molecule has 0 aliphatic carbocycles. The lowest BCUT2D eigenvalue weighted by Crippen LogP contribution is -2.34. The molecule has 1 fully saturated rings. The van der Waals surface area contributed by atoms with Crippen molar-refractivity contribution in [2.75, 3.05) is 33.2 Å². The van der Waals surface area contributed by atoms with Crippen LogP contribution in [-0.2, 0) is 0 Å². The molecule has 2 aromatic carbocycles. The number of carbonyl (C=O) groups excluding carboxylic acids is 1. The summed E-state index contributed by atoms with van der Waals surface area (Å²) in [5.41, 5.74) is 1.57. The van der Waals surface area contributed by atoms with Crippen molar-refractivity contribution in [2.24, 2.45) is 0 Å². The van der Waals surface area contributed by atoms with E-state index in [2.05, 4.69) is 21.2 Å². The molecular formula is C20H23BrN2O4. The summed E-state index contributed by atoms with van der Waals surface area (Å²) in [6.07, 6.45) is 1.79. The fourth-order valence-electron chi connectivity index (χ4n) is 3.40. The van der Waals surface area contributed by atoms with Crippen molar-refractivity contribution < 1.29 is 19.0 Å². The summed E-state index contributed by atoms with van der Waals surface area (Å²) in [5, 5.41) is 2.97. The first-order valence-corrected chi connectivity index (χ1v) is 9.49. The maximum atomic E-state index is 13.0. The third kappa shape index (κ3) is 4.13. The van der Waals surface area contributed by atoms with Crippen LogP contribution in [0.3, 0.4) is 0 Å². The van der Waals surface area contributed by atoms with E-state index in [1.165, 1.54) is 0 Å². The van der Waals surface area contributed by atoms with Gasteiger partial charge < -0.3 is 24.4 Å². The molecule has 1 aliphatic rings. The third-order valence-corrected chi connectivity index (χ3v) is 5.21. The number of hydrogen-bond donors (Lipinski definition) is 1. The van der Waals surface area contributed by atoms with E-state index < -0.39 is 0 Å². The number of methoxy groups -OCH3 is 3. The Bertz CT molecular complexity index is 828. The first kappa shape index (κ1) is 19.4. The number of rotatable bonds is 5. The Kier molecular flexibility index (Phi) is 6.11. The van der Waals surface area contributed by atoms with Gasteiger partial charge in [0.05, 0.1) is 33.1 Å². The second kappa shape index (κ2) is 8.52. The maximum Gasteiger partial charge on any atom is 0.322 e. The number of benzene rings is 2. The van der Waals surface area contributed by atoms with Crippen LogP contribution in [0.2, 0.25) is 0 Å². The molecule has 7 heteroatoms. The van der Waals surface area contributed by atoms with Gasteiger partial charge in [-0.3, -0.25) is 0 Å². The summed E-state index contributed by atoms with van der Waals surface area (Å²) in [7, 11) is 4.85. The van der Waals surface area contributed by atoms with Gasteiger partial charge in [0.15, 0.2) is 0 Å². The Morgan fingerprint density at radius 1 is 1.07 bits per heavy atom. The summed E-state index contributed by atoms with van der Waals surface area (Å²) >= 11 is 3.43. The van der Waals surface area contributed by atoms with Crippen molar-refractivity contribution in [3.63, 3.8) is 0 Å². The van der Waals surface area contributed by atoms with E-state index in [9.17, 15) is 4.79 Å². The second-order valence-corrected chi connectivity index (χ2v) is 7.15. The number of hydrogen-bond acceptors (Lipinski definition) is 4. The Morgan fingerprint density at radius 2 is 1.81 bits per heavy atom. The quantitative estimate of drug-likeness (QED) is 0.730. The number of likely N-dealkylation sites (tertiary alicyclic amines) is 1. The number of urea groups is 1. The molecule has 3 rings (SSSR count). The van der Waals surface area contributed by atoms with Crippen LogP contribution in [0.25, 0.3) is 0 Å². The lowest BCUT2D eigenvalue weighted by molar-refractivity contribution is 0.206. The van der Waals surface area contributed by atoms with Crippen LogP contribution in [0.15, 0.2) is 40.9 Å². The molecular weight excluding hydrogens is 412 g/mol. The fraction of sp³-hybridized carbons (Fsp3) is 0.350. The van der Waals surface area contributed by atoms with Gasteiger partial charge in [-0.2, -0.15) is 0 Å². The lowest BCUT2D eigenvalue weighted by atomic mass is 10.0. The Balaban J connectivity index is 1.87. The molecule has 0 bridgehead atoms. The Hall–Kier alpha value is -2.41. The molecule has 1 unspecified atom stereocenters. The highest BCUT2D eigenvalue weighted by Gasteiger charge is 2.32. The monoisotopic (exact) mass is 434 g/mol. The van der Waals surface area contributed by atoms with E-state index in [0.29, 0.717) is 18.0 Å². The highest BCUT2D eigenvalue weighted by molar-refractivity contribution is 9.10. The second-order valence-electron chi connectivity index (χ2n) is 6.23. The van der Waals surface area contributed by atoms with Gasteiger partial charge in [0.1, 0.15) is 17.2 Å². The summed E-state index contributed by atoms with van der Waals surface area (Å²) in [4.78, 5) is 14.8. The Labute approximate surface area is 167 Å². The van der Waals surface area contributed by atoms with Gasteiger partial charge in [-0.1, -0.05) is 15.9 Å². The topological polar surface area (TPSA) is 60.0 Å². The molecule has 144 valence electrons. The van der Waals surface area contributed by atoms with Gasteiger partial charge in [0.25, 0.3) is 0 Å². The van der Waals surface area contributed by atoms with E-state index in [1.807, 2.05) is 41.3 Å². The van der Waals surface area contributed by atoms with Gasteiger partial charge in [0, 0.05) is 16.6 Å². The molecule has 1 aliphatic heterocycles. The zero-order valence-electron chi connectivity index (χ0n) is 15.6. The van der Waals surface area contributed by atoms with Gasteiger partial charge >= 0.3 is 6.03 Å². The minimum absolute atomic E-state index is 0.0757. The van der Waals surface area contributed by atoms with Gasteiger partial charge in [0.2, 0.25) is 0 Å². The van der Waals surface area contributed by atoms with E-state index >= 15 is 0 Å². The minimum atomic E-state index is -0.168. The lowest BCUT2D eigenvalue weighted by Gasteiger charge is -2.27. The number of halogens is 1. The van der Waals surface area contributed by atoms with Crippen molar-refractivity contribution in [1.29, 1.82) is 0 Å². The van der Waals surface area contributed by atoms with Crippen LogP contribution >= 0.6 is 15.9 Å². The van der Waals surface area contributed by atoms with Crippen LogP contribution in [0, 0.1) is 0 Å². The van der Waals surface area contributed by atoms with Crippen LogP contribution in [-0.4, -0.2) is 38.8 Å². The highest BCUT2D eigenvalue weighted by Crippen LogP contribution is 2.39. The van der Waals surface area contributed by atoms with E-state index in [1.54, 1.807) is 21.3 Å². The molecule has 1 atom stereocenters. The number of carbonyl (C=O) groups is 1. The van der Waals surface area contributed by atoms with Gasteiger partial charge in [-0.25, -0.2) is 4.79 Å². The van der Waals surface area contributed by atoms with Crippen molar-refractivity contribution in [2.45, 2.75) is 18.9 Å². The van der Waals surface area contributed by atoms with Crippen molar-refractivity contribution in [1.82, 2.24) is 4.90 Å². The summed E-state index contributed by atoms with van der Waals surface area (Å²) in [5.74, 6) is 2.11.